The summed E-state index contributed by atoms with van der Waals surface area (Å²) in [6, 6.07) is 0. The number of hydrogen-bond acceptors (Lipinski definition) is 3. The zero-order chi connectivity index (χ0) is 12.5. The number of rotatable bonds is 6. The Morgan fingerprint density at radius 1 is 1.35 bits per heavy atom. The van der Waals surface area contributed by atoms with Gasteiger partial charge in [0.25, 0.3) is 0 Å². The van der Waals surface area contributed by atoms with E-state index in [2.05, 4.69) is 18.7 Å². The third kappa shape index (κ3) is 3.39. The van der Waals surface area contributed by atoms with Crippen LogP contribution in [0.2, 0.25) is 0 Å². The van der Waals surface area contributed by atoms with Gasteiger partial charge >= 0.3 is 0 Å². The molecule has 0 bridgehead atoms. The van der Waals surface area contributed by atoms with Crippen molar-refractivity contribution in [2.24, 2.45) is 5.41 Å². The maximum atomic E-state index is 13.6. The first-order valence-corrected chi connectivity index (χ1v) is 6.55. The molecule has 2 rings (SSSR count). The van der Waals surface area contributed by atoms with E-state index < -0.39 is 6.17 Å². The van der Waals surface area contributed by atoms with Crippen LogP contribution < -0.4 is 0 Å². The summed E-state index contributed by atoms with van der Waals surface area (Å²) >= 11 is 0. The fourth-order valence-corrected chi connectivity index (χ4v) is 2.50. The van der Waals surface area contributed by atoms with Crippen LogP contribution in [0.3, 0.4) is 0 Å². The molecule has 0 amide bonds. The smallest absolute Gasteiger partial charge is 0.140 e. The number of halogens is 1. The molecule has 3 nitrogen and oxygen atoms in total. The molecule has 2 unspecified atom stereocenters. The average Bonchev–Trinajstić information content (AvgIpc) is 2.94. The molecule has 0 spiro atoms. The molecule has 0 aromatic heterocycles. The van der Waals surface area contributed by atoms with E-state index in [-0.39, 0.29) is 12.2 Å². The lowest BCUT2D eigenvalue weighted by Gasteiger charge is -2.23. The molecular weight excluding hydrogens is 221 g/mol. The highest BCUT2D eigenvalue weighted by atomic mass is 19.1. The van der Waals surface area contributed by atoms with Gasteiger partial charge in [-0.3, -0.25) is 4.90 Å². The normalized spacial score (nSPS) is 32.3. The molecule has 2 atom stereocenters. The van der Waals surface area contributed by atoms with E-state index >= 15 is 0 Å². The van der Waals surface area contributed by atoms with Crippen LogP contribution in [0.5, 0.6) is 0 Å². The largest absolute Gasteiger partial charge is 0.378 e. The second-order valence-electron chi connectivity index (χ2n) is 5.84. The minimum Gasteiger partial charge on any atom is -0.378 e. The van der Waals surface area contributed by atoms with Gasteiger partial charge in [0, 0.05) is 32.2 Å². The number of ether oxygens (including phenoxy) is 2. The first-order valence-electron chi connectivity index (χ1n) is 6.55. The van der Waals surface area contributed by atoms with Crippen LogP contribution in [0.4, 0.5) is 4.39 Å². The van der Waals surface area contributed by atoms with Crippen LogP contribution in [-0.2, 0) is 9.47 Å². The van der Waals surface area contributed by atoms with Crippen molar-refractivity contribution in [3.63, 3.8) is 0 Å². The van der Waals surface area contributed by atoms with Gasteiger partial charge in [-0.25, -0.2) is 4.39 Å². The molecule has 0 radical (unpaired) electrons. The first-order chi connectivity index (χ1) is 8.04. The van der Waals surface area contributed by atoms with Gasteiger partial charge < -0.3 is 9.47 Å². The lowest BCUT2D eigenvalue weighted by atomic mass is 10.1. The Hall–Kier alpha value is -0.190. The Balaban J connectivity index is 1.77. The molecule has 1 saturated heterocycles. The van der Waals surface area contributed by atoms with E-state index in [1.165, 1.54) is 12.8 Å². The second kappa shape index (κ2) is 5.21. The summed E-state index contributed by atoms with van der Waals surface area (Å²) in [7, 11) is 1.59. The lowest BCUT2D eigenvalue weighted by Crippen LogP contribution is -2.32. The Kier molecular flexibility index (Phi) is 4.06. The molecule has 100 valence electrons. The Bertz CT molecular complexity index is 256. The van der Waals surface area contributed by atoms with Gasteiger partial charge in [-0.2, -0.15) is 0 Å². The molecule has 0 N–H and O–H groups in total. The van der Waals surface area contributed by atoms with E-state index in [9.17, 15) is 4.39 Å². The Labute approximate surface area is 103 Å². The van der Waals surface area contributed by atoms with E-state index in [1.807, 2.05) is 0 Å². The van der Waals surface area contributed by atoms with Crippen molar-refractivity contribution in [2.45, 2.75) is 45.1 Å². The van der Waals surface area contributed by atoms with Crippen LogP contribution in [0.25, 0.3) is 0 Å². The van der Waals surface area contributed by atoms with Crippen LogP contribution in [-0.4, -0.2) is 56.6 Å². The maximum absolute atomic E-state index is 13.6. The quantitative estimate of drug-likeness (QED) is 0.713. The molecule has 1 heterocycles. The molecule has 0 aromatic rings. The summed E-state index contributed by atoms with van der Waals surface area (Å²) in [4.78, 5) is 2.19. The van der Waals surface area contributed by atoms with Gasteiger partial charge in [-0.05, 0) is 26.7 Å². The Morgan fingerprint density at radius 2 is 2.06 bits per heavy atom. The molecule has 1 aliphatic heterocycles. The maximum Gasteiger partial charge on any atom is 0.140 e. The predicted molar refractivity (Wildman–Crippen MR) is 64.9 cm³/mol. The highest BCUT2D eigenvalue weighted by Gasteiger charge is 2.46. The summed E-state index contributed by atoms with van der Waals surface area (Å²) in [6.45, 7) is 7.13. The van der Waals surface area contributed by atoms with Crippen molar-refractivity contribution >= 4 is 0 Å². The van der Waals surface area contributed by atoms with Gasteiger partial charge in [0.05, 0.1) is 12.7 Å². The fourth-order valence-electron chi connectivity index (χ4n) is 2.50. The highest BCUT2D eigenvalue weighted by Crippen LogP contribution is 2.47. The number of methoxy groups -OCH3 is 1. The van der Waals surface area contributed by atoms with Crippen molar-refractivity contribution in [1.82, 2.24) is 4.90 Å². The first kappa shape index (κ1) is 13.2. The monoisotopic (exact) mass is 245 g/mol. The van der Waals surface area contributed by atoms with Crippen LogP contribution >= 0.6 is 0 Å². The summed E-state index contributed by atoms with van der Waals surface area (Å²) in [6.07, 6.45) is 1.64. The summed E-state index contributed by atoms with van der Waals surface area (Å²) in [5.74, 6) is 0. The molecule has 1 saturated carbocycles. The molecule has 2 fully saturated rings. The van der Waals surface area contributed by atoms with Crippen molar-refractivity contribution in [2.75, 3.05) is 33.4 Å². The molecule has 4 heteroatoms. The van der Waals surface area contributed by atoms with Gasteiger partial charge in [-0.15, -0.1) is 0 Å². The topological polar surface area (TPSA) is 21.7 Å². The van der Waals surface area contributed by atoms with Crippen molar-refractivity contribution in [1.29, 1.82) is 0 Å². The van der Waals surface area contributed by atoms with Crippen LogP contribution in [0, 0.1) is 5.41 Å². The van der Waals surface area contributed by atoms with Crippen molar-refractivity contribution in [3.8, 4) is 0 Å². The molecule has 1 aliphatic carbocycles. The predicted octanol–water partition coefficient (Wildman–Crippen LogP) is 1.86. The molecule has 17 heavy (non-hydrogen) atoms. The van der Waals surface area contributed by atoms with E-state index in [1.54, 1.807) is 7.11 Å². The minimum absolute atomic E-state index is 0.239. The van der Waals surface area contributed by atoms with E-state index in [4.69, 9.17) is 9.47 Å². The van der Waals surface area contributed by atoms with E-state index in [0.29, 0.717) is 12.0 Å². The number of alkyl halides is 1. The molecule has 2 aliphatic rings. The minimum atomic E-state index is -0.832. The summed E-state index contributed by atoms with van der Waals surface area (Å²) < 4.78 is 24.4. The van der Waals surface area contributed by atoms with Gasteiger partial charge in [-0.1, -0.05) is 0 Å². The van der Waals surface area contributed by atoms with Gasteiger partial charge in [0.1, 0.15) is 12.3 Å². The van der Waals surface area contributed by atoms with Gasteiger partial charge in [0.15, 0.2) is 0 Å². The average molecular weight is 245 g/mol. The zero-order valence-corrected chi connectivity index (χ0v) is 11.1. The summed E-state index contributed by atoms with van der Waals surface area (Å²) in [5.41, 5.74) is 0.298. The zero-order valence-electron chi connectivity index (χ0n) is 11.1. The van der Waals surface area contributed by atoms with Crippen molar-refractivity contribution in [3.05, 3.63) is 0 Å². The SMILES string of the molecule is COC1CN(CC2(COC(C)C)CC2)CC1F. The molecular formula is C13H24FNO2. The fraction of sp³-hybridized carbons (Fsp3) is 1.00. The van der Waals surface area contributed by atoms with Gasteiger partial charge in [0.2, 0.25) is 0 Å². The third-order valence-electron chi connectivity index (χ3n) is 3.82. The number of likely N-dealkylation sites (tertiary alicyclic amines) is 1. The highest BCUT2D eigenvalue weighted by molar-refractivity contribution is 4.98. The number of nitrogens with zero attached hydrogens (tertiary/aromatic N) is 1. The lowest BCUT2D eigenvalue weighted by molar-refractivity contribution is 0.0307. The molecule has 0 aromatic carbocycles. The van der Waals surface area contributed by atoms with Crippen LogP contribution in [0.1, 0.15) is 26.7 Å². The standard InChI is InChI=1S/C13H24FNO2/c1-10(2)17-9-13(4-5-13)8-15-6-11(14)12(7-15)16-3/h10-12H,4-9H2,1-3H3. The Morgan fingerprint density at radius 3 is 2.53 bits per heavy atom. The second-order valence-corrected chi connectivity index (χ2v) is 5.84. The number of hydrogen-bond donors (Lipinski definition) is 0. The van der Waals surface area contributed by atoms with Crippen LogP contribution in [0.15, 0.2) is 0 Å². The van der Waals surface area contributed by atoms with E-state index in [0.717, 1.165) is 19.7 Å². The third-order valence-corrected chi connectivity index (χ3v) is 3.82. The summed E-state index contributed by atoms with van der Waals surface area (Å²) in [5, 5.41) is 0. The van der Waals surface area contributed by atoms with Crippen molar-refractivity contribution < 1.29 is 13.9 Å².